The summed E-state index contributed by atoms with van der Waals surface area (Å²) in [6.45, 7) is 6.72. The third kappa shape index (κ3) is 4.65. The van der Waals surface area contributed by atoms with E-state index >= 15 is 0 Å². The highest BCUT2D eigenvalue weighted by Gasteiger charge is 2.33. The SMILES string of the molecule is CNCC1CCN(S(=O)(=O)NC2CCC(C)CC2C)CC1. The summed E-state index contributed by atoms with van der Waals surface area (Å²) in [7, 11) is -1.35. The van der Waals surface area contributed by atoms with Gasteiger partial charge in [0.25, 0.3) is 10.2 Å². The number of hydrogen-bond donors (Lipinski definition) is 2. The molecule has 1 aliphatic carbocycles. The molecule has 1 saturated carbocycles. The van der Waals surface area contributed by atoms with E-state index in [-0.39, 0.29) is 6.04 Å². The lowest BCUT2D eigenvalue weighted by Gasteiger charge is -2.36. The Morgan fingerprint density at radius 3 is 2.33 bits per heavy atom. The molecule has 124 valence electrons. The van der Waals surface area contributed by atoms with Crippen molar-refractivity contribution in [1.82, 2.24) is 14.3 Å². The number of hydrogen-bond acceptors (Lipinski definition) is 3. The summed E-state index contributed by atoms with van der Waals surface area (Å²) in [5.74, 6) is 1.76. The third-order valence-corrected chi connectivity index (χ3v) is 6.78. The lowest BCUT2D eigenvalue weighted by Crippen LogP contribution is -2.51. The van der Waals surface area contributed by atoms with Crippen LogP contribution < -0.4 is 10.0 Å². The van der Waals surface area contributed by atoms with Crippen molar-refractivity contribution in [2.24, 2.45) is 17.8 Å². The summed E-state index contributed by atoms with van der Waals surface area (Å²) in [6, 6.07) is 0.112. The van der Waals surface area contributed by atoms with Crippen LogP contribution in [0.25, 0.3) is 0 Å². The van der Waals surface area contributed by atoms with Crippen molar-refractivity contribution in [3.8, 4) is 0 Å². The highest BCUT2D eigenvalue weighted by atomic mass is 32.2. The smallest absolute Gasteiger partial charge is 0.279 e. The van der Waals surface area contributed by atoms with Crippen molar-refractivity contribution in [3.05, 3.63) is 0 Å². The molecule has 1 aliphatic heterocycles. The second kappa shape index (κ2) is 7.40. The van der Waals surface area contributed by atoms with Crippen molar-refractivity contribution in [1.29, 1.82) is 0 Å². The first-order valence-corrected chi connectivity index (χ1v) is 9.78. The van der Waals surface area contributed by atoms with Crippen LogP contribution in [-0.4, -0.2) is 45.4 Å². The fourth-order valence-electron chi connectivity index (χ4n) is 3.75. The minimum absolute atomic E-state index is 0.112. The maximum atomic E-state index is 12.5. The molecule has 1 saturated heterocycles. The van der Waals surface area contributed by atoms with Crippen molar-refractivity contribution in [3.63, 3.8) is 0 Å². The Hall–Kier alpha value is -0.170. The molecule has 5 nitrogen and oxygen atoms in total. The van der Waals surface area contributed by atoms with E-state index in [1.54, 1.807) is 4.31 Å². The normalized spacial score (nSPS) is 33.2. The largest absolute Gasteiger partial charge is 0.319 e. The van der Waals surface area contributed by atoms with Gasteiger partial charge in [-0.1, -0.05) is 13.8 Å². The van der Waals surface area contributed by atoms with E-state index in [0.717, 1.165) is 44.6 Å². The van der Waals surface area contributed by atoms with Gasteiger partial charge in [-0.2, -0.15) is 17.4 Å². The monoisotopic (exact) mass is 317 g/mol. The van der Waals surface area contributed by atoms with E-state index in [0.29, 0.717) is 24.9 Å². The highest BCUT2D eigenvalue weighted by molar-refractivity contribution is 7.87. The molecule has 0 aromatic heterocycles. The fraction of sp³-hybridized carbons (Fsp3) is 1.00. The molecule has 2 N–H and O–H groups in total. The zero-order valence-electron chi connectivity index (χ0n) is 13.6. The second-order valence-electron chi connectivity index (χ2n) is 7.02. The molecule has 2 rings (SSSR count). The summed E-state index contributed by atoms with van der Waals surface area (Å²) >= 11 is 0. The Bertz CT molecular complexity index is 419. The van der Waals surface area contributed by atoms with Gasteiger partial charge in [0.05, 0.1) is 0 Å². The summed E-state index contributed by atoms with van der Waals surface area (Å²) in [4.78, 5) is 0. The summed E-state index contributed by atoms with van der Waals surface area (Å²) in [6.07, 6.45) is 5.13. The van der Waals surface area contributed by atoms with Gasteiger partial charge in [0.15, 0.2) is 0 Å². The molecule has 3 unspecified atom stereocenters. The molecule has 21 heavy (non-hydrogen) atoms. The molecular weight excluding hydrogens is 286 g/mol. The maximum Gasteiger partial charge on any atom is 0.279 e. The zero-order valence-corrected chi connectivity index (χ0v) is 14.5. The molecule has 0 aromatic rings. The molecule has 0 spiro atoms. The van der Waals surface area contributed by atoms with E-state index in [4.69, 9.17) is 0 Å². The fourth-order valence-corrected chi connectivity index (χ4v) is 5.32. The van der Waals surface area contributed by atoms with Gasteiger partial charge in [-0.3, -0.25) is 0 Å². The molecule has 3 atom stereocenters. The molecular formula is C15H31N3O2S. The van der Waals surface area contributed by atoms with E-state index < -0.39 is 10.2 Å². The summed E-state index contributed by atoms with van der Waals surface area (Å²) < 4.78 is 29.7. The standard InChI is InChI=1S/C15H31N3O2S/c1-12-4-5-15(13(2)10-12)17-21(19,20)18-8-6-14(7-9-18)11-16-3/h12-17H,4-11H2,1-3H3. The van der Waals surface area contributed by atoms with E-state index in [2.05, 4.69) is 23.9 Å². The average molecular weight is 317 g/mol. The van der Waals surface area contributed by atoms with Crippen LogP contribution in [0.2, 0.25) is 0 Å². The van der Waals surface area contributed by atoms with Crippen LogP contribution in [-0.2, 0) is 10.2 Å². The summed E-state index contributed by atoms with van der Waals surface area (Å²) in [5, 5.41) is 3.18. The van der Waals surface area contributed by atoms with Gasteiger partial charge >= 0.3 is 0 Å². The minimum atomic E-state index is -3.31. The van der Waals surface area contributed by atoms with Crippen molar-refractivity contribution in [2.45, 2.75) is 52.0 Å². The Morgan fingerprint density at radius 1 is 1.10 bits per heavy atom. The molecule has 0 aromatic carbocycles. The van der Waals surface area contributed by atoms with E-state index in [1.165, 1.54) is 0 Å². The second-order valence-corrected chi connectivity index (χ2v) is 8.73. The lowest BCUT2D eigenvalue weighted by atomic mass is 9.80. The van der Waals surface area contributed by atoms with E-state index in [9.17, 15) is 8.42 Å². The van der Waals surface area contributed by atoms with Crippen LogP contribution in [0.15, 0.2) is 0 Å². The average Bonchev–Trinajstić information content (AvgIpc) is 2.43. The quantitative estimate of drug-likeness (QED) is 0.809. The molecule has 0 bridgehead atoms. The number of piperidine rings is 1. The molecule has 6 heteroatoms. The number of nitrogens with one attached hydrogen (secondary N) is 2. The van der Waals surface area contributed by atoms with Crippen molar-refractivity contribution >= 4 is 10.2 Å². The highest BCUT2D eigenvalue weighted by Crippen LogP contribution is 2.29. The Balaban J connectivity index is 1.87. The topological polar surface area (TPSA) is 61.4 Å². The third-order valence-electron chi connectivity index (χ3n) is 5.14. The zero-order chi connectivity index (χ0) is 15.5. The molecule has 0 amide bonds. The lowest BCUT2D eigenvalue weighted by molar-refractivity contribution is 0.235. The van der Waals surface area contributed by atoms with Crippen LogP contribution in [0.3, 0.4) is 0 Å². The molecule has 2 aliphatic rings. The predicted octanol–water partition coefficient (Wildman–Crippen LogP) is 1.58. The first-order valence-electron chi connectivity index (χ1n) is 8.34. The van der Waals surface area contributed by atoms with Crippen LogP contribution in [0, 0.1) is 17.8 Å². The number of rotatable bonds is 5. The van der Waals surface area contributed by atoms with Crippen LogP contribution >= 0.6 is 0 Å². The van der Waals surface area contributed by atoms with Crippen LogP contribution in [0.1, 0.15) is 46.0 Å². The van der Waals surface area contributed by atoms with Crippen molar-refractivity contribution in [2.75, 3.05) is 26.7 Å². The molecule has 1 heterocycles. The Morgan fingerprint density at radius 2 is 1.76 bits per heavy atom. The molecule has 2 fully saturated rings. The molecule has 0 radical (unpaired) electrons. The number of nitrogens with zero attached hydrogens (tertiary/aromatic N) is 1. The van der Waals surface area contributed by atoms with Gasteiger partial charge in [0.1, 0.15) is 0 Å². The van der Waals surface area contributed by atoms with Gasteiger partial charge in [-0.25, -0.2) is 0 Å². The van der Waals surface area contributed by atoms with Crippen LogP contribution in [0.5, 0.6) is 0 Å². The first kappa shape index (κ1) is 17.2. The first-order chi connectivity index (χ1) is 9.92. The van der Waals surface area contributed by atoms with Crippen LogP contribution in [0.4, 0.5) is 0 Å². The Labute approximate surface area is 130 Å². The maximum absolute atomic E-state index is 12.5. The predicted molar refractivity (Wildman–Crippen MR) is 86.2 cm³/mol. The van der Waals surface area contributed by atoms with Gasteiger partial charge in [-0.15, -0.1) is 0 Å². The summed E-state index contributed by atoms with van der Waals surface area (Å²) in [5.41, 5.74) is 0. The van der Waals surface area contributed by atoms with Gasteiger partial charge in [0.2, 0.25) is 0 Å². The van der Waals surface area contributed by atoms with Gasteiger partial charge < -0.3 is 5.32 Å². The van der Waals surface area contributed by atoms with Gasteiger partial charge in [-0.05, 0) is 63.5 Å². The van der Waals surface area contributed by atoms with Gasteiger partial charge in [0, 0.05) is 19.1 Å². The minimum Gasteiger partial charge on any atom is -0.319 e. The van der Waals surface area contributed by atoms with Crippen molar-refractivity contribution < 1.29 is 8.42 Å². The Kier molecular flexibility index (Phi) is 6.05. The van der Waals surface area contributed by atoms with E-state index in [1.807, 2.05) is 7.05 Å².